The van der Waals surface area contributed by atoms with Gasteiger partial charge in [0, 0.05) is 30.4 Å². The molecule has 34 heavy (non-hydrogen) atoms. The first-order valence-corrected chi connectivity index (χ1v) is 13.6. The maximum absolute atomic E-state index is 13.1. The van der Waals surface area contributed by atoms with E-state index in [2.05, 4.69) is 17.0 Å². The van der Waals surface area contributed by atoms with E-state index in [0.717, 1.165) is 44.4 Å². The third kappa shape index (κ3) is 5.97. The van der Waals surface area contributed by atoms with Gasteiger partial charge in [0.1, 0.15) is 0 Å². The third-order valence-corrected chi connectivity index (χ3v) is 8.28. The van der Waals surface area contributed by atoms with Crippen molar-refractivity contribution in [1.29, 1.82) is 0 Å². The summed E-state index contributed by atoms with van der Waals surface area (Å²) in [7, 11) is -3.69. The molecule has 1 aliphatic carbocycles. The van der Waals surface area contributed by atoms with Crippen LogP contribution in [0.3, 0.4) is 0 Å². The van der Waals surface area contributed by atoms with Crippen LogP contribution in [0.15, 0.2) is 59.5 Å². The molecule has 1 aliphatic heterocycles. The molecule has 0 radical (unpaired) electrons. The van der Waals surface area contributed by atoms with E-state index in [4.69, 9.17) is 0 Å². The molecule has 2 amide bonds. The highest BCUT2D eigenvalue weighted by Crippen LogP contribution is 2.25. The monoisotopic (exact) mass is 483 g/mol. The average molecular weight is 484 g/mol. The fourth-order valence-electron chi connectivity index (χ4n) is 4.78. The summed E-state index contributed by atoms with van der Waals surface area (Å²) in [5.41, 5.74) is 0.864. The number of hydrogen-bond acceptors (Lipinski definition) is 4. The van der Waals surface area contributed by atoms with Crippen LogP contribution in [0.4, 0.5) is 5.69 Å². The normalized spacial score (nSPS) is 23.2. The molecule has 2 fully saturated rings. The first kappa shape index (κ1) is 24.3. The second-order valence-corrected chi connectivity index (χ2v) is 11.2. The van der Waals surface area contributed by atoms with Crippen molar-refractivity contribution in [2.45, 2.75) is 56.4 Å². The highest BCUT2D eigenvalue weighted by atomic mass is 32.2. The largest absolute Gasteiger partial charge is 0.353 e. The van der Waals surface area contributed by atoms with Crippen molar-refractivity contribution < 1.29 is 18.0 Å². The topological polar surface area (TPSA) is 95.6 Å². The highest BCUT2D eigenvalue weighted by molar-refractivity contribution is 7.92. The molecule has 2 aliphatic rings. The summed E-state index contributed by atoms with van der Waals surface area (Å²) in [6, 6.07) is 14.8. The Morgan fingerprint density at radius 2 is 1.59 bits per heavy atom. The highest BCUT2D eigenvalue weighted by Gasteiger charge is 2.30. The van der Waals surface area contributed by atoms with Crippen molar-refractivity contribution in [3.8, 4) is 0 Å². The Morgan fingerprint density at radius 1 is 0.912 bits per heavy atom. The summed E-state index contributed by atoms with van der Waals surface area (Å²) in [5.74, 6) is 0.467. The molecular formula is C26H33N3O4S. The van der Waals surface area contributed by atoms with Gasteiger partial charge in [-0.15, -0.1) is 0 Å². The van der Waals surface area contributed by atoms with Gasteiger partial charge in [-0.05, 0) is 80.8 Å². The van der Waals surface area contributed by atoms with E-state index in [1.54, 1.807) is 47.4 Å². The predicted octanol–water partition coefficient (Wildman–Crippen LogP) is 4.03. The van der Waals surface area contributed by atoms with Crippen LogP contribution < -0.4 is 10.0 Å². The average Bonchev–Trinajstić information content (AvgIpc) is 2.86. The van der Waals surface area contributed by atoms with Crippen molar-refractivity contribution in [3.63, 3.8) is 0 Å². The van der Waals surface area contributed by atoms with Crippen LogP contribution in [0.2, 0.25) is 0 Å². The van der Waals surface area contributed by atoms with Crippen LogP contribution in [0.5, 0.6) is 0 Å². The van der Waals surface area contributed by atoms with Gasteiger partial charge >= 0.3 is 0 Å². The standard InChI is InChI=1S/C26H33N3O4S/c1-19-9-13-22(14-10-19)27-25(30)21-6-5-17-29(18-21)26(31)20-11-15-23(16-12-20)28-34(32,33)24-7-3-2-4-8-24/h2-4,7-8,11-12,15-16,19,21-22,28H,5-6,9-10,13-14,17-18H2,1H3,(H,27,30). The van der Waals surface area contributed by atoms with E-state index < -0.39 is 10.0 Å². The minimum atomic E-state index is -3.69. The van der Waals surface area contributed by atoms with Crippen molar-refractivity contribution in [2.24, 2.45) is 11.8 Å². The lowest BCUT2D eigenvalue weighted by atomic mass is 9.87. The second-order valence-electron chi connectivity index (χ2n) is 9.55. The summed E-state index contributed by atoms with van der Waals surface area (Å²) < 4.78 is 27.5. The molecule has 2 aromatic carbocycles. The molecule has 0 spiro atoms. The number of nitrogens with one attached hydrogen (secondary N) is 2. The number of anilines is 1. The fraction of sp³-hybridized carbons (Fsp3) is 0.462. The molecule has 7 nitrogen and oxygen atoms in total. The molecule has 1 saturated carbocycles. The van der Waals surface area contributed by atoms with Crippen molar-refractivity contribution >= 4 is 27.5 Å². The zero-order valence-corrected chi connectivity index (χ0v) is 20.4. The Hall–Kier alpha value is -2.87. The van der Waals surface area contributed by atoms with E-state index in [0.29, 0.717) is 24.3 Å². The quantitative estimate of drug-likeness (QED) is 0.648. The number of rotatable bonds is 6. The Morgan fingerprint density at radius 3 is 2.26 bits per heavy atom. The van der Waals surface area contributed by atoms with Crippen LogP contribution in [-0.4, -0.2) is 44.3 Å². The van der Waals surface area contributed by atoms with Gasteiger partial charge in [0.15, 0.2) is 0 Å². The maximum Gasteiger partial charge on any atom is 0.261 e. The summed E-state index contributed by atoms with van der Waals surface area (Å²) in [6.45, 7) is 3.29. The summed E-state index contributed by atoms with van der Waals surface area (Å²) >= 11 is 0. The minimum Gasteiger partial charge on any atom is -0.353 e. The lowest BCUT2D eigenvalue weighted by Crippen LogP contribution is -2.48. The van der Waals surface area contributed by atoms with Gasteiger partial charge in [-0.2, -0.15) is 0 Å². The molecule has 0 aromatic heterocycles. The van der Waals surface area contributed by atoms with Gasteiger partial charge in [0.05, 0.1) is 10.8 Å². The van der Waals surface area contributed by atoms with Gasteiger partial charge in [-0.25, -0.2) is 8.42 Å². The first-order chi connectivity index (χ1) is 16.3. The van der Waals surface area contributed by atoms with Crippen LogP contribution in [0.25, 0.3) is 0 Å². The first-order valence-electron chi connectivity index (χ1n) is 12.1. The van der Waals surface area contributed by atoms with Crippen LogP contribution in [0, 0.1) is 11.8 Å². The fourth-order valence-corrected chi connectivity index (χ4v) is 5.86. The van der Waals surface area contributed by atoms with E-state index in [9.17, 15) is 18.0 Å². The van der Waals surface area contributed by atoms with Gasteiger partial charge in [-0.3, -0.25) is 14.3 Å². The number of carbonyl (C=O) groups is 2. The van der Waals surface area contributed by atoms with Crippen molar-refractivity contribution in [1.82, 2.24) is 10.2 Å². The number of sulfonamides is 1. The SMILES string of the molecule is CC1CCC(NC(=O)C2CCCN(C(=O)c3ccc(NS(=O)(=O)c4ccccc4)cc3)C2)CC1. The lowest BCUT2D eigenvalue weighted by Gasteiger charge is -2.34. The van der Waals surface area contributed by atoms with E-state index >= 15 is 0 Å². The number of nitrogens with zero attached hydrogens (tertiary/aromatic N) is 1. The summed E-state index contributed by atoms with van der Waals surface area (Å²) in [6.07, 6.45) is 5.94. The molecule has 8 heteroatoms. The van der Waals surface area contributed by atoms with Crippen LogP contribution in [0.1, 0.15) is 55.8 Å². The molecular weight excluding hydrogens is 450 g/mol. The second kappa shape index (κ2) is 10.6. The molecule has 2 N–H and O–H groups in total. The Kier molecular flexibility index (Phi) is 7.56. The molecule has 1 saturated heterocycles. The van der Waals surface area contributed by atoms with Gasteiger partial charge in [0.2, 0.25) is 5.91 Å². The molecule has 0 bridgehead atoms. The summed E-state index contributed by atoms with van der Waals surface area (Å²) in [5, 5.41) is 3.21. The molecule has 1 heterocycles. The predicted molar refractivity (Wildman–Crippen MR) is 132 cm³/mol. The molecule has 2 aromatic rings. The molecule has 4 rings (SSSR count). The number of amides is 2. The van der Waals surface area contributed by atoms with Crippen LogP contribution >= 0.6 is 0 Å². The molecule has 182 valence electrons. The number of carbonyl (C=O) groups excluding carboxylic acids is 2. The number of benzene rings is 2. The molecule has 1 atom stereocenters. The zero-order valence-electron chi connectivity index (χ0n) is 19.6. The van der Waals surface area contributed by atoms with Gasteiger partial charge in [-0.1, -0.05) is 25.1 Å². The third-order valence-electron chi connectivity index (χ3n) is 6.88. The Bertz CT molecular complexity index is 1090. The smallest absolute Gasteiger partial charge is 0.261 e. The summed E-state index contributed by atoms with van der Waals surface area (Å²) in [4.78, 5) is 27.8. The van der Waals surface area contributed by atoms with Crippen LogP contribution in [-0.2, 0) is 14.8 Å². The number of hydrogen-bond donors (Lipinski definition) is 2. The maximum atomic E-state index is 13.1. The van der Waals surface area contributed by atoms with Crippen molar-refractivity contribution in [2.75, 3.05) is 17.8 Å². The number of piperidine rings is 1. The van der Waals surface area contributed by atoms with Gasteiger partial charge < -0.3 is 10.2 Å². The van der Waals surface area contributed by atoms with E-state index in [1.165, 1.54) is 12.1 Å². The number of likely N-dealkylation sites (tertiary alicyclic amines) is 1. The molecule has 1 unspecified atom stereocenters. The van der Waals surface area contributed by atoms with E-state index in [-0.39, 0.29) is 28.7 Å². The lowest BCUT2D eigenvalue weighted by molar-refractivity contribution is -0.127. The Balaban J connectivity index is 1.34. The van der Waals surface area contributed by atoms with E-state index in [1.807, 2.05) is 0 Å². The Labute approximate surface area is 202 Å². The zero-order chi connectivity index (χ0) is 24.1. The van der Waals surface area contributed by atoms with Crippen molar-refractivity contribution in [3.05, 3.63) is 60.2 Å². The minimum absolute atomic E-state index is 0.0581. The van der Waals surface area contributed by atoms with Gasteiger partial charge in [0.25, 0.3) is 15.9 Å².